The van der Waals surface area contributed by atoms with Gasteiger partial charge in [-0.1, -0.05) is 6.07 Å². The van der Waals surface area contributed by atoms with Crippen molar-refractivity contribution in [2.45, 2.75) is 31.4 Å². The Balaban J connectivity index is 2.08. The minimum Gasteiger partial charge on any atom is -0.378 e. The van der Waals surface area contributed by atoms with E-state index in [0.29, 0.717) is 10.6 Å². The number of hydrogen-bond acceptors (Lipinski definition) is 2. The zero-order valence-corrected chi connectivity index (χ0v) is 11.5. The van der Waals surface area contributed by atoms with Crippen LogP contribution >= 0.6 is 15.9 Å². The van der Waals surface area contributed by atoms with E-state index < -0.39 is 0 Å². The van der Waals surface area contributed by atoms with E-state index in [1.54, 1.807) is 0 Å². The number of halogens is 2. The Morgan fingerprint density at radius 2 is 2.41 bits per heavy atom. The van der Waals surface area contributed by atoms with Gasteiger partial charge in [-0.3, -0.25) is 0 Å². The van der Waals surface area contributed by atoms with Crippen molar-refractivity contribution < 1.29 is 9.13 Å². The van der Waals surface area contributed by atoms with Gasteiger partial charge in [0.15, 0.2) is 0 Å². The lowest BCUT2D eigenvalue weighted by Crippen LogP contribution is -2.22. The highest BCUT2D eigenvalue weighted by atomic mass is 79.9. The van der Waals surface area contributed by atoms with E-state index in [0.717, 1.165) is 31.4 Å². The normalized spacial score (nSPS) is 21.7. The van der Waals surface area contributed by atoms with E-state index in [9.17, 15) is 4.39 Å². The maximum Gasteiger partial charge on any atom is 0.137 e. The molecule has 17 heavy (non-hydrogen) atoms. The highest BCUT2D eigenvalue weighted by molar-refractivity contribution is 9.10. The first-order valence-electron chi connectivity index (χ1n) is 5.94. The van der Waals surface area contributed by atoms with Crippen LogP contribution in [0.3, 0.4) is 0 Å². The van der Waals surface area contributed by atoms with Crippen LogP contribution in [0.4, 0.5) is 4.39 Å². The first-order valence-corrected chi connectivity index (χ1v) is 6.74. The Morgan fingerprint density at radius 1 is 1.59 bits per heavy atom. The summed E-state index contributed by atoms with van der Waals surface area (Å²) in [5.41, 5.74) is 1.09. The SMILES string of the molecule is CNC(CC1CCCO1)c1ccc(F)c(Br)c1. The van der Waals surface area contributed by atoms with Gasteiger partial charge in [-0.05, 0) is 59.9 Å². The summed E-state index contributed by atoms with van der Waals surface area (Å²) in [6, 6.07) is 5.39. The number of benzene rings is 1. The molecule has 2 atom stereocenters. The van der Waals surface area contributed by atoms with E-state index >= 15 is 0 Å². The van der Waals surface area contributed by atoms with Crippen LogP contribution in [0.5, 0.6) is 0 Å². The van der Waals surface area contributed by atoms with Crippen molar-refractivity contribution >= 4 is 15.9 Å². The first kappa shape index (κ1) is 13.0. The summed E-state index contributed by atoms with van der Waals surface area (Å²) < 4.78 is 19.3. The molecule has 0 bridgehead atoms. The van der Waals surface area contributed by atoms with Gasteiger partial charge in [0.05, 0.1) is 10.6 Å². The van der Waals surface area contributed by atoms with Crippen LogP contribution in [0.1, 0.15) is 30.9 Å². The van der Waals surface area contributed by atoms with Gasteiger partial charge in [-0.15, -0.1) is 0 Å². The second-order valence-corrected chi connectivity index (χ2v) is 5.24. The van der Waals surface area contributed by atoms with Crippen LogP contribution in [0, 0.1) is 5.82 Å². The summed E-state index contributed by atoms with van der Waals surface area (Å²) >= 11 is 3.22. The van der Waals surface area contributed by atoms with Gasteiger partial charge < -0.3 is 10.1 Å². The molecule has 1 aliphatic heterocycles. The third-order valence-electron chi connectivity index (χ3n) is 3.22. The van der Waals surface area contributed by atoms with Crippen molar-refractivity contribution in [1.29, 1.82) is 0 Å². The fourth-order valence-electron chi connectivity index (χ4n) is 2.24. The van der Waals surface area contributed by atoms with Crippen LogP contribution in [-0.2, 0) is 4.74 Å². The molecular weight excluding hydrogens is 285 g/mol. The zero-order valence-electron chi connectivity index (χ0n) is 9.88. The summed E-state index contributed by atoms with van der Waals surface area (Å²) in [6.45, 7) is 0.869. The average molecular weight is 302 g/mol. The van der Waals surface area contributed by atoms with Gasteiger partial charge in [0.2, 0.25) is 0 Å². The van der Waals surface area contributed by atoms with Gasteiger partial charge in [0, 0.05) is 12.6 Å². The molecule has 1 N–H and O–H groups in total. The molecule has 0 radical (unpaired) electrons. The van der Waals surface area contributed by atoms with E-state index in [4.69, 9.17) is 4.74 Å². The van der Waals surface area contributed by atoms with Crippen LogP contribution in [0.15, 0.2) is 22.7 Å². The molecule has 2 nitrogen and oxygen atoms in total. The largest absolute Gasteiger partial charge is 0.378 e. The van der Waals surface area contributed by atoms with Gasteiger partial charge in [0.25, 0.3) is 0 Å². The quantitative estimate of drug-likeness (QED) is 0.920. The van der Waals surface area contributed by atoms with Gasteiger partial charge in [-0.2, -0.15) is 0 Å². The molecule has 0 aliphatic carbocycles. The Kier molecular flexibility index (Phi) is 4.54. The van der Waals surface area contributed by atoms with Crippen molar-refractivity contribution in [3.8, 4) is 0 Å². The maximum atomic E-state index is 13.2. The Hall–Kier alpha value is -0.450. The van der Waals surface area contributed by atoms with Gasteiger partial charge in [-0.25, -0.2) is 4.39 Å². The standard InChI is InChI=1S/C13H17BrFNO/c1-16-13(8-10-3-2-6-17-10)9-4-5-12(15)11(14)7-9/h4-5,7,10,13,16H,2-3,6,8H2,1H3. The maximum absolute atomic E-state index is 13.2. The summed E-state index contributed by atoms with van der Waals surface area (Å²) in [5, 5.41) is 3.27. The van der Waals surface area contributed by atoms with Crippen molar-refractivity contribution in [2.75, 3.05) is 13.7 Å². The molecule has 1 saturated heterocycles. The topological polar surface area (TPSA) is 21.3 Å². The summed E-state index contributed by atoms with van der Waals surface area (Å²) in [5.74, 6) is -0.222. The lowest BCUT2D eigenvalue weighted by molar-refractivity contribution is 0.0954. The molecule has 2 unspecified atom stereocenters. The fourth-order valence-corrected chi connectivity index (χ4v) is 2.64. The van der Waals surface area contributed by atoms with Gasteiger partial charge in [0.1, 0.15) is 5.82 Å². The molecule has 1 heterocycles. The second kappa shape index (κ2) is 5.94. The zero-order chi connectivity index (χ0) is 12.3. The monoisotopic (exact) mass is 301 g/mol. The highest BCUT2D eigenvalue weighted by Crippen LogP contribution is 2.27. The average Bonchev–Trinajstić information content (AvgIpc) is 2.82. The minimum atomic E-state index is -0.222. The molecule has 0 saturated carbocycles. The summed E-state index contributed by atoms with van der Waals surface area (Å²) in [6.07, 6.45) is 3.54. The van der Waals surface area contributed by atoms with Crippen molar-refractivity contribution in [3.05, 3.63) is 34.1 Å². The second-order valence-electron chi connectivity index (χ2n) is 4.39. The number of rotatable bonds is 4. The third kappa shape index (κ3) is 3.27. The smallest absolute Gasteiger partial charge is 0.137 e. The predicted molar refractivity (Wildman–Crippen MR) is 69.5 cm³/mol. The van der Waals surface area contributed by atoms with E-state index in [1.165, 1.54) is 6.07 Å². The predicted octanol–water partition coefficient (Wildman–Crippen LogP) is 3.42. The minimum absolute atomic E-state index is 0.218. The lowest BCUT2D eigenvalue weighted by atomic mass is 9.99. The Morgan fingerprint density at radius 3 is 3.00 bits per heavy atom. The van der Waals surface area contributed by atoms with Crippen LogP contribution in [0.25, 0.3) is 0 Å². The van der Waals surface area contributed by atoms with E-state index in [1.807, 2.05) is 19.2 Å². The molecule has 1 aliphatic rings. The van der Waals surface area contributed by atoms with E-state index in [2.05, 4.69) is 21.2 Å². The van der Waals surface area contributed by atoms with Crippen LogP contribution < -0.4 is 5.32 Å². The molecule has 1 aromatic rings. The molecule has 1 fully saturated rings. The number of nitrogens with one attached hydrogen (secondary N) is 1. The van der Waals surface area contributed by atoms with Crippen LogP contribution in [0.2, 0.25) is 0 Å². The van der Waals surface area contributed by atoms with Crippen LogP contribution in [-0.4, -0.2) is 19.8 Å². The molecule has 1 aromatic carbocycles. The van der Waals surface area contributed by atoms with Crippen molar-refractivity contribution in [3.63, 3.8) is 0 Å². The molecule has 94 valence electrons. The molecular formula is C13H17BrFNO. The highest BCUT2D eigenvalue weighted by Gasteiger charge is 2.21. The molecule has 4 heteroatoms. The first-order chi connectivity index (χ1) is 8.20. The van der Waals surface area contributed by atoms with Crippen molar-refractivity contribution in [2.24, 2.45) is 0 Å². The summed E-state index contributed by atoms with van der Waals surface area (Å²) in [7, 11) is 1.93. The van der Waals surface area contributed by atoms with E-state index in [-0.39, 0.29) is 11.9 Å². The third-order valence-corrected chi connectivity index (χ3v) is 3.82. The number of hydrogen-bond donors (Lipinski definition) is 1. The lowest BCUT2D eigenvalue weighted by Gasteiger charge is -2.20. The molecule has 0 amide bonds. The van der Waals surface area contributed by atoms with Crippen molar-refractivity contribution in [1.82, 2.24) is 5.32 Å². The Labute approximate surface area is 110 Å². The molecule has 2 rings (SSSR count). The fraction of sp³-hybridized carbons (Fsp3) is 0.538. The number of ether oxygens (including phenoxy) is 1. The molecule has 0 aromatic heterocycles. The molecule has 0 spiro atoms. The Bertz CT molecular complexity index is 380. The van der Waals surface area contributed by atoms with Gasteiger partial charge >= 0.3 is 0 Å². The summed E-state index contributed by atoms with van der Waals surface area (Å²) in [4.78, 5) is 0.